The molecular weight excluding hydrogens is 268 g/mol. The van der Waals surface area contributed by atoms with Crippen molar-refractivity contribution in [3.63, 3.8) is 0 Å². The Bertz CT molecular complexity index is 508. The molecule has 0 amide bonds. The van der Waals surface area contributed by atoms with Gasteiger partial charge < -0.3 is 15.5 Å². The summed E-state index contributed by atoms with van der Waals surface area (Å²) in [5.74, 6) is 0.240. The monoisotopic (exact) mass is 292 g/mol. The van der Waals surface area contributed by atoms with E-state index in [2.05, 4.69) is 17.2 Å². The maximum atomic E-state index is 11.1. The van der Waals surface area contributed by atoms with E-state index in [0.29, 0.717) is 24.7 Å². The second-order valence-electron chi connectivity index (χ2n) is 6.15. The first-order valence-electron chi connectivity index (χ1n) is 7.62. The van der Waals surface area contributed by atoms with Gasteiger partial charge in [-0.25, -0.2) is 9.78 Å². The second-order valence-corrected chi connectivity index (χ2v) is 6.15. The maximum absolute atomic E-state index is 11.1. The third-order valence-electron chi connectivity index (χ3n) is 4.29. The number of nitrogens with one attached hydrogen (secondary N) is 1. The third kappa shape index (κ3) is 4.17. The molecule has 1 aromatic rings. The van der Waals surface area contributed by atoms with Crippen molar-refractivity contribution in [2.24, 2.45) is 5.92 Å². The fourth-order valence-electron chi connectivity index (χ4n) is 2.71. The number of aryl methyl sites for hydroxylation is 1. The molecule has 0 spiro atoms. The van der Waals surface area contributed by atoms with Crippen LogP contribution in [0.5, 0.6) is 0 Å². The van der Waals surface area contributed by atoms with Crippen LogP contribution in [-0.2, 0) is 6.42 Å². The Morgan fingerprint density at radius 2 is 2.10 bits per heavy atom. The van der Waals surface area contributed by atoms with Gasteiger partial charge in [0, 0.05) is 12.2 Å². The molecule has 0 radical (unpaired) electrons. The van der Waals surface area contributed by atoms with E-state index in [1.807, 2.05) is 6.92 Å². The number of rotatable bonds is 5. The van der Waals surface area contributed by atoms with Gasteiger partial charge in [-0.3, -0.25) is 0 Å². The molecule has 1 aliphatic rings. The molecule has 5 nitrogen and oxygen atoms in total. The Morgan fingerprint density at radius 3 is 2.67 bits per heavy atom. The molecule has 1 fully saturated rings. The number of anilines is 1. The Hall–Kier alpha value is -1.62. The molecule has 0 bridgehead atoms. The molecule has 116 valence electrons. The molecule has 0 unspecified atom stereocenters. The highest BCUT2D eigenvalue weighted by Crippen LogP contribution is 2.31. The Kier molecular flexibility index (Phi) is 4.83. The molecule has 5 heteroatoms. The number of hydrogen-bond acceptors (Lipinski definition) is 4. The fraction of sp³-hybridized carbons (Fsp3) is 0.625. The van der Waals surface area contributed by atoms with Crippen LogP contribution in [-0.4, -0.2) is 33.3 Å². The van der Waals surface area contributed by atoms with Crippen LogP contribution in [0.25, 0.3) is 0 Å². The van der Waals surface area contributed by atoms with E-state index in [4.69, 9.17) is 5.11 Å². The lowest BCUT2D eigenvalue weighted by Crippen LogP contribution is -2.40. The summed E-state index contributed by atoms with van der Waals surface area (Å²) in [6.45, 7) is 4.56. The summed E-state index contributed by atoms with van der Waals surface area (Å²) < 4.78 is 0. The van der Waals surface area contributed by atoms with E-state index in [-0.39, 0.29) is 5.56 Å². The lowest BCUT2D eigenvalue weighted by Gasteiger charge is -2.35. The summed E-state index contributed by atoms with van der Waals surface area (Å²) in [6.07, 6.45) is 4.29. The summed E-state index contributed by atoms with van der Waals surface area (Å²) in [4.78, 5) is 15.5. The average Bonchev–Trinajstić information content (AvgIpc) is 2.48. The van der Waals surface area contributed by atoms with Crippen LogP contribution in [0.1, 0.15) is 55.6 Å². The van der Waals surface area contributed by atoms with Gasteiger partial charge in [-0.05, 0) is 50.2 Å². The van der Waals surface area contributed by atoms with Crippen molar-refractivity contribution in [3.8, 4) is 0 Å². The number of hydrogen-bond donors (Lipinski definition) is 3. The van der Waals surface area contributed by atoms with Crippen molar-refractivity contribution >= 4 is 11.8 Å². The standard InChI is InChI=1S/C16H24N2O3/c1-3-13-8-12(15(19)20)9-14(18-13)17-10-16(21)6-4-11(2)5-7-16/h8-9,11,21H,3-7,10H2,1-2H3,(H,17,18)(H,19,20). The topological polar surface area (TPSA) is 82.5 Å². The number of nitrogens with zero attached hydrogens (tertiary/aromatic N) is 1. The third-order valence-corrected chi connectivity index (χ3v) is 4.29. The number of pyridine rings is 1. The number of carbonyl (C=O) groups is 1. The Balaban J connectivity index is 2.05. The molecule has 1 aliphatic carbocycles. The van der Waals surface area contributed by atoms with Crippen molar-refractivity contribution in [2.45, 2.75) is 51.6 Å². The predicted molar refractivity (Wildman–Crippen MR) is 81.6 cm³/mol. The lowest BCUT2D eigenvalue weighted by atomic mass is 9.79. The number of carboxylic acid groups (broad SMARTS) is 1. The normalized spacial score (nSPS) is 25.6. The molecule has 1 aromatic heterocycles. The molecule has 1 heterocycles. The van der Waals surface area contributed by atoms with Crippen molar-refractivity contribution < 1.29 is 15.0 Å². The quantitative estimate of drug-likeness (QED) is 0.777. The summed E-state index contributed by atoms with van der Waals surface area (Å²) in [6, 6.07) is 3.11. The number of aromatic carboxylic acids is 1. The molecule has 0 aliphatic heterocycles. The first-order valence-corrected chi connectivity index (χ1v) is 7.62. The highest BCUT2D eigenvalue weighted by atomic mass is 16.4. The number of aromatic nitrogens is 1. The molecule has 0 aromatic carbocycles. The van der Waals surface area contributed by atoms with E-state index in [1.54, 1.807) is 6.07 Å². The van der Waals surface area contributed by atoms with Crippen LogP contribution < -0.4 is 5.32 Å². The lowest BCUT2D eigenvalue weighted by molar-refractivity contribution is 0.00494. The van der Waals surface area contributed by atoms with Crippen LogP contribution in [0.4, 0.5) is 5.82 Å². The molecular formula is C16H24N2O3. The minimum Gasteiger partial charge on any atom is -0.478 e. The highest BCUT2D eigenvalue weighted by molar-refractivity contribution is 5.88. The summed E-state index contributed by atoms with van der Waals surface area (Å²) >= 11 is 0. The van der Waals surface area contributed by atoms with Gasteiger partial charge in [0.25, 0.3) is 0 Å². The van der Waals surface area contributed by atoms with Gasteiger partial charge in [-0.1, -0.05) is 13.8 Å². The molecule has 0 atom stereocenters. The van der Waals surface area contributed by atoms with Crippen molar-refractivity contribution in [2.75, 3.05) is 11.9 Å². The van der Waals surface area contributed by atoms with E-state index < -0.39 is 11.6 Å². The predicted octanol–water partition coefficient (Wildman–Crippen LogP) is 2.70. The zero-order valence-electron chi connectivity index (χ0n) is 12.7. The summed E-state index contributed by atoms with van der Waals surface area (Å²) in [7, 11) is 0. The average molecular weight is 292 g/mol. The number of aliphatic hydroxyl groups is 1. The maximum Gasteiger partial charge on any atom is 0.335 e. The molecule has 3 N–H and O–H groups in total. The van der Waals surface area contributed by atoms with Crippen LogP contribution in [0, 0.1) is 5.92 Å². The summed E-state index contributed by atoms with van der Waals surface area (Å²) in [5, 5.41) is 22.8. The Labute approximate surface area is 125 Å². The van der Waals surface area contributed by atoms with Gasteiger partial charge >= 0.3 is 5.97 Å². The van der Waals surface area contributed by atoms with Crippen LogP contribution in [0.15, 0.2) is 12.1 Å². The van der Waals surface area contributed by atoms with E-state index in [9.17, 15) is 9.90 Å². The largest absolute Gasteiger partial charge is 0.478 e. The first kappa shape index (κ1) is 15.8. The zero-order valence-corrected chi connectivity index (χ0v) is 12.7. The van der Waals surface area contributed by atoms with Crippen LogP contribution in [0.2, 0.25) is 0 Å². The van der Waals surface area contributed by atoms with Crippen LogP contribution in [0.3, 0.4) is 0 Å². The minimum absolute atomic E-state index is 0.230. The van der Waals surface area contributed by atoms with E-state index in [0.717, 1.165) is 31.4 Å². The van der Waals surface area contributed by atoms with Crippen molar-refractivity contribution in [1.82, 2.24) is 4.98 Å². The SMILES string of the molecule is CCc1cc(C(=O)O)cc(NCC2(O)CCC(C)CC2)n1. The highest BCUT2D eigenvalue weighted by Gasteiger charge is 2.31. The molecule has 2 rings (SSSR count). The summed E-state index contributed by atoms with van der Waals surface area (Å²) in [5.41, 5.74) is 0.259. The molecule has 0 saturated heterocycles. The van der Waals surface area contributed by atoms with Crippen LogP contribution >= 0.6 is 0 Å². The van der Waals surface area contributed by atoms with Gasteiger partial charge in [-0.2, -0.15) is 0 Å². The van der Waals surface area contributed by atoms with Gasteiger partial charge in [0.15, 0.2) is 0 Å². The first-order chi connectivity index (χ1) is 9.92. The van der Waals surface area contributed by atoms with E-state index in [1.165, 1.54) is 6.07 Å². The second kappa shape index (κ2) is 6.43. The van der Waals surface area contributed by atoms with E-state index >= 15 is 0 Å². The molecule has 1 saturated carbocycles. The van der Waals surface area contributed by atoms with Gasteiger partial charge in [0.1, 0.15) is 5.82 Å². The molecule has 21 heavy (non-hydrogen) atoms. The van der Waals surface area contributed by atoms with Gasteiger partial charge in [0.2, 0.25) is 0 Å². The Morgan fingerprint density at radius 1 is 1.43 bits per heavy atom. The van der Waals surface area contributed by atoms with Gasteiger partial charge in [0.05, 0.1) is 11.2 Å². The smallest absolute Gasteiger partial charge is 0.335 e. The zero-order chi connectivity index (χ0) is 15.5. The van der Waals surface area contributed by atoms with Crippen molar-refractivity contribution in [1.29, 1.82) is 0 Å². The fourth-order valence-corrected chi connectivity index (χ4v) is 2.71. The minimum atomic E-state index is -0.958. The number of carboxylic acids is 1. The van der Waals surface area contributed by atoms with Crippen molar-refractivity contribution in [3.05, 3.63) is 23.4 Å². The van der Waals surface area contributed by atoms with Gasteiger partial charge in [-0.15, -0.1) is 0 Å².